The van der Waals surface area contributed by atoms with E-state index in [9.17, 15) is 4.79 Å². The van der Waals surface area contributed by atoms with Gasteiger partial charge in [0.1, 0.15) is 5.82 Å². The van der Waals surface area contributed by atoms with Gasteiger partial charge in [0, 0.05) is 58.6 Å². The van der Waals surface area contributed by atoms with Gasteiger partial charge in [-0.2, -0.15) is 0 Å². The van der Waals surface area contributed by atoms with Crippen LogP contribution in [0.2, 0.25) is 0 Å². The summed E-state index contributed by atoms with van der Waals surface area (Å²) in [5.74, 6) is 2.80. The third-order valence-electron chi connectivity index (χ3n) is 8.61. The van der Waals surface area contributed by atoms with Gasteiger partial charge >= 0.3 is 0 Å². The molecule has 1 aromatic heterocycles. The molecule has 0 radical (unpaired) electrons. The summed E-state index contributed by atoms with van der Waals surface area (Å²) >= 11 is 0. The summed E-state index contributed by atoms with van der Waals surface area (Å²) in [5.41, 5.74) is 1.42. The average molecular weight is 490 g/mol. The Morgan fingerprint density at radius 2 is 1.64 bits per heavy atom. The zero-order valence-electron chi connectivity index (χ0n) is 22.0. The maximum atomic E-state index is 13.4. The summed E-state index contributed by atoms with van der Waals surface area (Å²) in [6.07, 6.45) is 7.76. The van der Waals surface area contributed by atoms with E-state index in [2.05, 4.69) is 74.0 Å². The van der Waals surface area contributed by atoms with Crippen molar-refractivity contribution in [1.82, 2.24) is 19.7 Å². The van der Waals surface area contributed by atoms with Crippen LogP contribution in [0.1, 0.15) is 38.2 Å². The van der Waals surface area contributed by atoms with Gasteiger partial charge in [-0.3, -0.25) is 14.6 Å². The van der Waals surface area contributed by atoms with Gasteiger partial charge in [0.2, 0.25) is 5.91 Å². The van der Waals surface area contributed by atoms with Crippen LogP contribution in [0.25, 0.3) is 0 Å². The first kappa shape index (κ1) is 25.2. The number of aromatic nitrogens is 1. The minimum Gasteiger partial charge on any atom is -0.354 e. The molecule has 0 bridgehead atoms. The molecule has 0 spiro atoms. The lowest BCUT2D eigenvalue weighted by Crippen LogP contribution is -2.54. The van der Waals surface area contributed by atoms with Crippen LogP contribution in [0.3, 0.4) is 0 Å². The van der Waals surface area contributed by atoms with E-state index < -0.39 is 0 Å². The first-order chi connectivity index (χ1) is 17.7. The van der Waals surface area contributed by atoms with Crippen molar-refractivity contribution in [2.75, 3.05) is 63.8 Å². The van der Waals surface area contributed by atoms with Crippen LogP contribution in [0.4, 0.5) is 5.82 Å². The highest BCUT2D eigenvalue weighted by Crippen LogP contribution is 2.25. The van der Waals surface area contributed by atoms with E-state index >= 15 is 0 Å². The standard InChI is InChI=1S/C30H43N5O/c1-25(30(36)34-16-12-27(13-17-34)22-26-8-3-2-4-9-26)35-15-7-10-28(24-35)23-32-18-20-33(21-19-32)29-11-5-6-14-31-29/h2-6,8-9,11,14,25,27-28H,7,10,12-13,15-24H2,1H3. The molecule has 0 N–H and O–H groups in total. The Morgan fingerprint density at radius 1 is 0.889 bits per heavy atom. The zero-order valence-corrected chi connectivity index (χ0v) is 22.0. The van der Waals surface area contributed by atoms with E-state index in [1.807, 2.05) is 12.3 Å². The Labute approximate surface area is 217 Å². The Bertz CT molecular complexity index is 938. The lowest BCUT2D eigenvalue weighted by Gasteiger charge is -2.42. The second kappa shape index (κ2) is 12.2. The molecular formula is C30H43N5O. The highest BCUT2D eigenvalue weighted by atomic mass is 16.2. The Morgan fingerprint density at radius 3 is 2.36 bits per heavy atom. The molecule has 194 valence electrons. The van der Waals surface area contributed by atoms with Crippen molar-refractivity contribution >= 4 is 11.7 Å². The van der Waals surface area contributed by atoms with Crippen LogP contribution in [-0.2, 0) is 11.2 Å². The summed E-state index contributed by atoms with van der Waals surface area (Å²) in [4.78, 5) is 27.5. The molecule has 2 atom stereocenters. The van der Waals surface area contributed by atoms with Crippen molar-refractivity contribution in [3.63, 3.8) is 0 Å². The van der Waals surface area contributed by atoms with E-state index in [4.69, 9.17) is 0 Å². The molecule has 0 saturated carbocycles. The molecule has 3 fully saturated rings. The molecule has 6 nitrogen and oxygen atoms in total. The van der Waals surface area contributed by atoms with Gasteiger partial charge in [-0.05, 0) is 75.1 Å². The van der Waals surface area contributed by atoms with Crippen molar-refractivity contribution < 1.29 is 4.79 Å². The number of pyridine rings is 1. The third kappa shape index (κ3) is 6.46. The van der Waals surface area contributed by atoms with Crippen molar-refractivity contribution in [2.24, 2.45) is 11.8 Å². The van der Waals surface area contributed by atoms with E-state index in [0.29, 0.717) is 17.7 Å². The number of likely N-dealkylation sites (tertiary alicyclic amines) is 2. The Hall–Kier alpha value is -2.44. The molecule has 4 heterocycles. The number of amides is 1. The van der Waals surface area contributed by atoms with E-state index in [1.165, 1.54) is 18.4 Å². The highest BCUT2D eigenvalue weighted by Gasteiger charge is 2.32. The smallest absolute Gasteiger partial charge is 0.239 e. The van der Waals surface area contributed by atoms with E-state index in [1.54, 1.807) is 0 Å². The Kier molecular flexibility index (Phi) is 8.55. The number of piperazine rings is 1. The molecule has 0 aliphatic carbocycles. The summed E-state index contributed by atoms with van der Waals surface area (Å²) in [6, 6.07) is 17.0. The minimum absolute atomic E-state index is 0.000485. The molecular weight excluding hydrogens is 446 g/mol. The first-order valence-electron chi connectivity index (χ1n) is 14.1. The van der Waals surface area contributed by atoms with E-state index in [0.717, 1.165) is 84.0 Å². The van der Waals surface area contributed by atoms with Crippen molar-refractivity contribution in [2.45, 2.75) is 45.1 Å². The highest BCUT2D eigenvalue weighted by molar-refractivity contribution is 5.81. The van der Waals surface area contributed by atoms with Crippen LogP contribution >= 0.6 is 0 Å². The summed E-state index contributed by atoms with van der Waals surface area (Å²) in [6.45, 7) is 11.5. The number of benzene rings is 1. The minimum atomic E-state index is -0.000485. The number of carbonyl (C=O) groups is 1. The average Bonchev–Trinajstić information content (AvgIpc) is 2.94. The quantitative estimate of drug-likeness (QED) is 0.592. The Balaban J connectivity index is 1.05. The van der Waals surface area contributed by atoms with Gasteiger partial charge in [0.15, 0.2) is 0 Å². The maximum absolute atomic E-state index is 13.4. The number of carbonyl (C=O) groups excluding carboxylic acids is 1. The molecule has 3 aliphatic heterocycles. The number of anilines is 1. The fraction of sp³-hybridized carbons (Fsp3) is 0.600. The van der Waals surface area contributed by atoms with Crippen LogP contribution in [-0.4, -0.2) is 90.5 Å². The van der Waals surface area contributed by atoms with Crippen molar-refractivity contribution in [1.29, 1.82) is 0 Å². The predicted molar refractivity (Wildman–Crippen MR) is 146 cm³/mol. The molecule has 5 rings (SSSR count). The number of nitrogens with zero attached hydrogens (tertiary/aromatic N) is 5. The van der Waals surface area contributed by atoms with Crippen LogP contribution in [0.5, 0.6) is 0 Å². The SMILES string of the molecule is CC(C(=O)N1CCC(Cc2ccccc2)CC1)N1CCCC(CN2CCN(c3ccccn3)CC2)C1. The summed E-state index contributed by atoms with van der Waals surface area (Å²) < 4.78 is 0. The zero-order chi connectivity index (χ0) is 24.7. The molecule has 3 saturated heterocycles. The van der Waals surface area contributed by atoms with Crippen LogP contribution in [0.15, 0.2) is 54.7 Å². The number of hydrogen-bond acceptors (Lipinski definition) is 5. The summed E-state index contributed by atoms with van der Waals surface area (Å²) in [7, 11) is 0. The van der Waals surface area contributed by atoms with Crippen LogP contribution in [0, 0.1) is 11.8 Å². The monoisotopic (exact) mass is 489 g/mol. The van der Waals surface area contributed by atoms with Gasteiger partial charge < -0.3 is 9.80 Å². The van der Waals surface area contributed by atoms with Gasteiger partial charge in [-0.1, -0.05) is 36.4 Å². The largest absolute Gasteiger partial charge is 0.354 e. The van der Waals surface area contributed by atoms with Crippen molar-refractivity contribution in [3.8, 4) is 0 Å². The number of piperidine rings is 2. The third-order valence-corrected chi connectivity index (χ3v) is 8.61. The van der Waals surface area contributed by atoms with Gasteiger partial charge in [0.05, 0.1) is 6.04 Å². The molecule has 2 aromatic rings. The predicted octanol–water partition coefficient (Wildman–Crippen LogP) is 3.79. The molecule has 36 heavy (non-hydrogen) atoms. The molecule has 6 heteroatoms. The topological polar surface area (TPSA) is 42.9 Å². The molecule has 2 unspecified atom stereocenters. The summed E-state index contributed by atoms with van der Waals surface area (Å²) in [5, 5.41) is 0. The molecule has 1 amide bonds. The first-order valence-corrected chi connectivity index (χ1v) is 14.1. The van der Waals surface area contributed by atoms with Gasteiger partial charge in [-0.15, -0.1) is 0 Å². The van der Waals surface area contributed by atoms with Gasteiger partial charge in [0.25, 0.3) is 0 Å². The lowest BCUT2D eigenvalue weighted by molar-refractivity contribution is -0.138. The number of hydrogen-bond donors (Lipinski definition) is 0. The normalized spacial score (nSPS) is 23.5. The van der Waals surface area contributed by atoms with E-state index in [-0.39, 0.29) is 6.04 Å². The molecule has 1 aromatic carbocycles. The second-order valence-corrected chi connectivity index (χ2v) is 11.1. The van der Waals surface area contributed by atoms with Gasteiger partial charge in [-0.25, -0.2) is 4.98 Å². The second-order valence-electron chi connectivity index (χ2n) is 11.1. The number of rotatable bonds is 7. The fourth-order valence-corrected chi connectivity index (χ4v) is 6.39. The molecule has 3 aliphatic rings. The maximum Gasteiger partial charge on any atom is 0.239 e. The van der Waals surface area contributed by atoms with Crippen molar-refractivity contribution in [3.05, 3.63) is 60.3 Å². The lowest BCUT2D eigenvalue weighted by atomic mass is 9.90. The van der Waals surface area contributed by atoms with Crippen LogP contribution < -0.4 is 4.90 Å². The fourth-order valence-electron chi connectivity index (χ4n) is 6.39.